The first kappa shape index (κ1) is 13.3. The molecule has 0 unspecified atom stereocenters. The number of allylic oxidation sites excluding steroid dienone is 3. The van der Waals surface area contributed by atoms with E-state index in [9.17, 15) is 4.79 Å². The fraction of sp³-hybridized carbons (Fsp3) is 0.0667. The summed E-state index contributed by atoms with van der Waals surface area (Å²) in [7, 11) is 1.77. The van der Waals surface area contributed by atoms with Crippen molar-refractivity contribution in [1.29, 1.82) is 0 Å². The first-order valence-corrected chi connectivity index (χ1v) is 6.16. The van der Waals surface area contributed by atoms with E-state index in [-0.39, 0.29) is 5.78 Å². The van der Waals surface area contributed by atoms with Crippen LogP contribution in [0.4, 0.5) is 0 Å². The summed E-state index contributed by atoms with van der Waals surface area (Å²) >= 11 is 6.05. The second-order valence-corrected chi connectivity index (χ2v) is 4.48. The van der Waals surface area contributed by atoms with Gasteiger partial charge >= 0.3 is 0 Å². The molecular weight excluding hydrogens is 260 g/mol. The van der Waals surface area contributed by atoms with E-state index in [4.69, 9.17) is 11.6 Å². The molecule has 4 heteroatoms. The van der Waals surface area contributed by atoms with Crippen LogP contribution in [-0.4, -0.2) is 15.6 Å². The van der Waals surface area contributed by atoms with Gasteiger partial charge in [-0.3, -0.25) is 9.48 Å². The van der Waals surface area contributed by atoms with Gasteiger partial charge in [-0.2, -0.15) is 5.10 Å². The van der Waals surface area contributed by atoms with Gasteiger partial charge in [-0.1, -0.05) is 41.9 Å². The normalized spacial score (nSPS) is 12.0. The van der Waals surface area contributed by atoms with Crippen molar-refractivity contribution in [2.45, 2.75) is 0 Å². The number of benzene rings is 1. The number of aryl methyl sites for hydroxylation is 1. The molecule has 0 bridgehead atoms. The number of carbonyl (C=O) groups excluding carboxylic acids is 1. The van der Waals surface area contributed by atoms with Gasteiger partial charge in [0.1, 0.15) is 0 Å². The Labute approximate surface area is 116 Å². The molecule has 0 radical (unpaired) electrons. The Morgan fingerprint density at radius 2 is 2.00 bits per heavy atom. The fourth-order valence-electron chi connectivity index (χ4n) is 1.56. The van der Waals surface area contributed by atoms with Gasteiger partial charge in [0.2, 0.25) is 0 Å². The summed E-state index contributed by atoms with van der Waals surface area (Å²) in [4.78, 5) is 11.8. The van der Waals surface area contributed by atoms with Crippen molar-refractivity contribution in [2.24, 2.45) is 7.05 Å². The highest BCUT2D eigenvalue weighted by molar-refractivity contribution is 6.33. The Morgan fingerprint density at radius 3 is 2.63 bits per heavy atom. The van der Waals surface area contributed by atoms with E-state index in [0.717, 1.165) is 5.56 Å². The molecule has 0 saturated heterocycles. The molecule has 2 aromatic rings. The van der Waals surface area contributed by atoms with E-state index in [1.165, 1.54) is 12.3 Å². The third-order valence-electron chi connectivity index (χ3n) is 2.49. The number of hydrogen-bond donors (Lipinski definition) is 0. The molecule has 0 amide bonds. The quantitative estimate of drug-likeness (QED) is 0.485. The minimum absolute atomic E-state index is 0.118. The van der Waals surface area contributed by atoms with Crippen LogP contribution >= 0.6 is 11.6 Å². The molecular formula is C15H13ClN2O. The third-order valence-corrected chi connectivity index (χ3v) is 2.72. The predicted octanol–water partition coefficient (Wildman–Crippen LogP) is 3.44. The molecule has 0 saturated carbocycles. The van der Waals surface area contributed by atoms with Crippen LogP contribution in [0.5, 0.6) is 0 Å². The smallest absolute Gasteiger partial charge is 0.189 e. The highest BCUT2D eigenvalue weighted by Crippen LogP contribution is 2.12. The molecule has 0 spiro atoms. The standard InChI is InChI=1S/C15H13ClN2O/c1-18-11-13(10-17-18)15(19)8-7-14(16)9-12-5-3-2-4-6-12/h2-11H,1H3/b8-7+,14-9-. The molecule has 96 valence electrons. The lowest BCUT2D eigenvalue weighted by Gasteiger charge is -1.93. The van der Waals surface area contributed by atoms with Crippen LogP contribution < -0.4 is 0 Å². The van der Waals surface area contributed by atoms with E-state index in [2.05, 4.69) is 5.10 Å². The van der Waals surface area contributed by atoms with Crippen LogP contribution in [-0.2, 0) is 7.05 Å². The van der Waals surface area contributed by atoms with Gasteiger partial charge in [-0.15, -0.1) is 0 Å². The zero-order chi connectivity index (χ0) is 13.7. The number of hydrogen-bond acceptors (Lipinski definition) is 2. The third kappa shape index (κ3) is 3.93. The Hall–Kier alpha value is -2.13. The van der Waals surface area contributed by atoms with Gasteiger partial charge in [0.25, 0.3) is 0 Å². The fourth-order valence-corrected chi connectivity index (χ4v) is 1.75. The summed E-state index contributed by atoms with van der Waals surface area (Å²) in [6.45, 7) is 0. The van der Waals surface area contributed by atoms with Crippen LogP contribution in [0.2, 0.25) is 0 Å². The maximum Gasteiger partial charge on any atom is 0.189 e. The number of ketones is 1. The average Bonchev–Trinajstić information content (AvgIpc) is 2.84. The van der Waals surface area contributed by atoms with Gasteiger partial charge in [0, 0.05) is 18.3 Å². The van der Waals surface area contributed by atoms with Crippen LogP contribution in [0.25, 0.3) is 6.08 Å². The lowest BCUT2D eigenvalue weighted by atomic mass is 10.2. The minimum atomic E-state index is -0.118. The van der Waals surface area contributed by atoms with Crippen LogP contribution in [0.1, 0.15) is 15.9 Å². The number of carbonyl (C=O) groups is 1. The second-order valence-electron chi connectivity index (χ2n) is 4.04. The average molecular weight is 273 g/mol. The minimum Gasteiger partial charge on any atom is -0.289 e. The molecule has 1 heterocycles. The SMILES string of the molecule is Cn1cc(C(=O)/C=C/C(Cl)=C/c2ccccc2)cn1. The number of halogens is 1. The monoisotopic (exact) mass is 272 g/mol. The van der Waals surface area contributed by atoms with E-state index < -0.39 is 0 Å². The molecule has 0 fully saturated rings. The topological polar surface area (TPSA) is 34.9 Å². The Balaban J connectivity index is 2.06. The summed E-state index contributed by atoms with van der Waals surface area (Å²) in [6, 6.07) is 9.69. The maximum absolute atomic E-state index is 11.8. The molecule has 1 aromatic heterocycles. The highest BCUT2D eigenvalue weighted by atomic mass is 35.5. The first-order chi connectivity index (χ1) is 9.15. The summed E-state index contributed by atoms with van der Waals surface area (Å²) in [5.41, 5.74) is 1.54. The van der Waals surface area contributed by atoms with Crippen molar-refractivity contribution in [1.82, 2.24) is 9.78 Å². The zero-order valence-electron chi connectivity index (χ0n) is 10.5. The highest BCUT2D eigenvalue weighted by Gasteiger charge is 2.03. The van der Waals surface area contributed by atoms with Gasteiger partial charge in [-0.25, -0.2) is 0 Å². The predicted molar refractivity (Wildman–Crippen MR) is 77.0 cm³/mol. The van der Waals surface area contributed by atoms with Crippen molar-refractivity contribution in [3.63, 3.8) is 0 Å². The second kappa shape index (κ2) is 6.16. The summed E-state index contributed by atoms with van der Waals surface area (Å²) in [5, 5.41) is 4.45. The molecule has 0 aliphatic heterocycles. The molecule has 2 rings (SSSR count). The molecule has 0 aliphatic carbocycles. The van der Waals surface area contributed by atoms with E-state index >= 15 is 0 Å². The van der Waals surface area contributed by atoms with Crippen molar-refractivity contribution < 1.29 is 4.79 Å². The summed E-state index contributed by atoms with van der Waals surface area (Å²) < 4.78 is 1.59. The molecule has 0 aliphatic rings. The maximum atomic E-state index is 11.8. The molecule has 3 nitrogen and oxygen atoms in total. The van der Waals surface area contributed by atoms with E-state index in [1.54, 1.807) is 30.1 Å². The lowest BCUT2D eigenvalue weighted by molar-refractivity contribution is 0.104. The largest absolute Gasteiger partial charge is 0.289 e. The van der Waals surface area contributed by atoms with Crippen molar-refractivity contribution in [3.05, 3.63) is 71.0 Å². The lowest BCUT2D eigenvalue weighted by Crippen LogP contribution is -1.91. The first-order valence-electron chi connectivity index (χ1n) is 5.78. The number of rotatable bonds is 4. The molecule has 1 aromatic carbocycles. The van der Waals surface area contributed by atoms with Crippen molar-refractivity contribution in [2.75, 3.05) is 0 Å². The number of nitrogens with zero attached hydrogens (tertiary/aromatic N) is 2. The van der Waals surface area contributed by atoms with Gasteiger partial charge < -0.3 is 0 Å². The van der Waals surface area contributed by atoms with Crippen LogP contribution in [0, 0.1) is 0 Å². The van der Waals surface area contributed by atoms with Crippen molar-refractivity contribution >= 4 is 23.5 Å². The molecule has 0 N–H and O–H groups in total. The van der Waals surface area contributed by atoms with Gasteiger partial charge in [-0.05, 0) is 23.8 Å². The summed E-state index contributed by atoms with van der Waals surface area (Å²) in [6.07, 6.45) is 8.03. The summed E-state index contributed by atoms with van der Waals surface area (Å²) in [5.74, 6) is -0.118. The van der Waals surface area contributed by atoms with Crippen LogP contribution in [0.3, 0.4) is 0 Å². The zero-order valence-corrected chi connectivity index (χ0v) is 11.2. The Kier molecular flexibility index (Phi) is 4.31. The molecule has 0 atom stereocenters. The van der Waals surface area contributed by atoms with Crippen molar-refractivity contribution in [3.8, 4) is 0 Å². The van der Waals surface area contributed by atoms with Gasteiger partial charge in [0.15, 0.2) is 5.78 Å². The van der Waals surface area contributed by atoms with E-state index in [1.807, 2.05) is 30.3 Å². The molecule has 19 heavy (non-hydrogen) atoms. The Bertz CT molecular complexity index is 627. The van der Waals surface area contributed by atoms with Gasteiger partial charge in [0.05, 0.1) is 11.8 Å². The van der Waals surface area contributed by atoms with Crippen LogP contribution in [0.15, 0.2) is 59.9 Å². The number of aromatic nitrogens is 2. The van der Waals surface area contributed by atoms with E-state index in [0.29, 0.717) is 10.6 Å². The Morgan fingerprint density at radius 1 is 1.26 bits per heavy atom.